The quantitative estimate of drug-likeness (QED) is 0.174. The first-order valence-corrected chi connectivity index (χ1v) is 11.3. The van der Waals surface area contributed by atoms with Gasteiger partial charge in [-0.15, -0.1) is 0 Å². The van der Waals surface area contributed by atoms with Crippen molar-refractivity contribution in [1.29, 1.82) is 0 Å². The molecule has 0 spiro atoms. The Morgan fingerprint density at radius 1 is 1.03 bits per heavy atom. The molecule has 0 atom stereocenters. The zero-order valence-electron chi connectivity index (χ0n) is 19.0. The molecular weight excluding hydrogens is 475 g/mol. The Labute approximate surface area is 208 Å². The molecule has 0 saturated heterocycles. The topological polar surface area (TPSA) is 77.0 Å². The summed E-state index contributed by atoms with van der Waals surface area (Å²) in [6, 6.07) is 17.1. The van der Waals surface area contributed by atoms with Crippen LogP contribution in [0.3, 0.4) is 0 Å². The van der Waals surface area contributed by atoms with Gasteiger partial charge in [0.05, 0.1) is 16.8 Å². The van der Waals surface area contributed by atoms with E-state index < -0.39 is 5.97 Å². The fourth-order valence-electron chi connectivity index (χ4n) is 2.92. The van der Waals surface area contributed by atoms with Crippen LogP contribution in [-0.2, 0) is 4.79 Å². The lowest BCUT2D eigenvalue weighted by molar-refractivity contribution is -0.123. The van der Waals surface area contributed by atoms with Crippen LogP contribution >= 0.6 is 23.2 Å². The van der Waals surface area contributed by atoms with E-state index in [0.29, 0.717) is 28.0 Å². The van der Waals surface area contributed by atoms with Gasteiger partial charge in [-0.25, -0.2) is 10.2 Å². The lowest BCUT2D eigenvalue weighted by Gasteiger charge is -2.12. The molecular formula is C26H24Cl2N2O4. The van der Waals surface area contributed by atoms with Crippen molar-refractivity contribution in [3.05, 3.63) is 93.0 Å². The SMILES string of the molecule is Cc1ccc(C(C)C)cc1OCC(=O)NN=Cc1ccc(OC(=O)c2ccc(Cl)cc2Cl)cc1. The van der Waals surface area contributed by atoms with E-state index in [9.17, 15) is 9.59 Å². The summed E-state index contributed by atoms with van der Waals surface area (Å²) in [5, 5.41) is 4.58. The largest absolute Gasteiger partial charge is 0.483 e. The maximum Gasteiger partial charge on any atom is 0.345 e. The molecule has 1 amide bonds. The number of esters is 1. The number of hydrogen-bond acceptors (Lipinski definition) is 5. The van der Waals surface area contributed by atoms with Crippen molar-refractivity contribution in [3.63, 3.8) is 0 Å². The van der Waals surface area contributed by atoms with Crippen LogP contribution in [-0.4, -0.2) is 24.7 Å². The number of rotatable bonds is 8. The summed E-state index contributed by atoms with van der Waals surface area (Å²) < 4.78 is 11.0. The van der Waals surface area contributed by atoms with Crippen molar-refractivity contribution in [2.24, 2.45) is 5.10 Å². The number of ether oxygens (including phenoxy) is 2. The van der Waals surface area contributed by atoms with E-state index in [1.807, 2.05) is 19.1 Å². The summed E-state index contributed by atoms with van der Waals surface area (Å²) in [5.74, 6) is 0.409. The molecule has 6 nitrogen and oxygen atoms in total. The molecule has 176 valence electrons. The highest BCUT2D eigenvalue weighted by atomic mass is 35.5. The molecule has 0 heterocycles. The van der Waals surface area contributed by atoms with Crippen molar-refractivity contribution in [3.8, 4) is 11.5 Å². The van der Waals surface area contributed by atoms with E-state index in [0.717, 1.165) is 11.1 Å². The minimum atomic E-state index is -0.593. The Hall–Kier alpha value is -3.35. The summed E-state index contributed by atoms with van der Waals surface area (Å²) in [6.45, 7) is 5.98. The van der Waals surface area contributed by atoms with E-state index in [2.05, 4.69) is 30.4 Å². The van der Waals surface area contributed by atoms with E-state index >= 15 is 0 Å². The number of hydrogen-bond donors (Lipinski definition) is 1. The maximum atomic E-state index is 12.3. The molecule has 0 aliphatic carbocycles. The van der Waals surface area contributed by atoms with Crippen LogP contribution in [0.2, 0.25) is 10.0 Å². The normalized spacial score (nSPS) is 11.0. The Morgan fingerprint density at radius 3 is 2.44 bits per heavy atom. The summed E-state index contributed by atoms with van der Waals surface area (Å²) in [5.41, 5.74) is 5.45. The molecule has 0 bridgehead atoms. The fourth-order valence-corrected chi connectivity index (χ4v) is 3.41. The van der Waals surface area contributed by atoms with E-state index in [-0.39, 0.29) is 23.1 Å². The molecule has 3 aromatic rings. The van der Waals surface area contributed by atoms with Crippen LogP contribution in [0.15, 0.2) is 65.8 Å². The Morgan fingerprint density at radius 2 is 1.76 bits per heavy atom. The highest BCUT2D eigenvalue weighted by Gasteiger charge is 2.13. The van der Waals surface area contributed by atoms with Crippen LogP contribution in [0.1, 0.15) is 46.8 Å². The van der Waals surface area contributed by atoms with Gasteiger partial charge in [-0.05, 0) is 78.1 Å². The number of carbonyl (C=O) groups is 2. The molecule has 0 aliphatic rings. The molecule has 34 heavy (non-hydrogen) atoms. The van der Waals surface area contributed by atoms with Gasteiger partial charge in [0.25, 0.3) is 5.91 Å². The average Bonchev–Trinajstić information content (AvgIpc) is 2.79. The third-order valence-corrected chi connectivity index (χ3v) is 5.43. The van der Waals surface area contributed by atoms with Gasteiger partial charge in [0.1, 0.15) is 11.5 Å². The standard InChI is InChI=1S/C26H24Cl2N2O4/c1-16(2)19-7-4-17(3)24(12-19)33-15-25(31)30-29-14-18-5-9-21(10-6-18)34-26(32)22-11-8-20(27)13-23(22)28/h4-14,16H,15H2,1-3H3,(H,30,31). The average molecular weight is 499 g/mol. The van der Waals surface area contributed by atoms with Crippen LogP contribution in [0.4, 0.5) is 0 Å². The van der Waals surface area contributed by atoms with Gasteiger partial charge >= 0.3 is 5.97 Å². The van der Waals surface area contributed by atoms with Gasteiger partial charge in [0, 0.05) is 5.02 Å². The maximum absolute atomic E-state index is 12.3. The summed E-state index contributed by atoms with van der Waals surface area (Å²) in [6.07, 6.45) is 1.48. The molecule has 0 saturated carbocycles. The number of nitrogens with one attached hydrogen (secondary N) is 1. The number of aryl methyl sites for hydroxylation is 1. The first-order chi connectivity index (χ1) is 16.2. The van der Waals surface area contributed by atoms with Crippen LogP contribution in [0.5, 0.6) is 11.5 Å². The third kappa shape index (κ3) is 7.07. The molecule has 0 unspecified atom stereocenters. The van der Waals surface area contributed by atoms with Crippen LogP contribution in [0.25, 0.3) is 0 Å². The van der Waals surface area contributed by atoms with Crippen molar-refractivity contribution < 1.29 is 19.1 Å². The van der Waals surface area contributed by atoms with E-state index in [1.165, 1.54) is 18.3 Å². The smallest absolute Gasteiger partial charge is 0.345 e. The molecule has 8 heteroatoms. The molecule has 0 radical (unpaired) electrons. The van der Waals surface area contributed by atoms with E-state index in [4.69, 9.17) is 32.7 Å². The van der Waals surface area contributed by atoms with Gasteiger partial charge in [0.2, 0.25) is 0 Å². The van der Waals surface area contributed by atoms with Crippen molar-refractivity contribution in [1.82, 2.24) is 5.43 Å². The molecule has 3 aromatic carbocycles. The number of nitrogens with zero attached hydrogens (tertiary/aromatic N) is 1. The number of benzene rings is 3. The second kappa shape index (κ2) is 11.7. The monoisotopic (exact) mass is 498 g/mol. The Kier molecular flexibility index (Phi) is 8.68. The molecule has 0 aliphatic heterocycles. The highest BCUT2D eigenvalue weighted by Crippen LogP contribution is 2.24. The Balaban J connectivity index is 1.50. The minimum absolute atomic E-state index is 0.151. The predicted octanol–water partition coefficient (Wildman–Crippen LogP) is 6.17. The van der Waals surface area contributed by atoms with Gasteiger partial charge in [-0.3, -0.25) is 4.79 Å². The second-order valence-electron chi connectivity index (χ2n) is 7.84. The summed E-state index contributed by atoms with van der Waals surface area (Å²) in [4.78, 5) is 24.3. The number of amides is 1. The summed E-state index contributed by atoms with van der Waals surface area (Å²) >= 11 is 11.9. The molecule has 0 aromatic heterocycles. The Bertz CT molecular complexity index is 1210. The van der Waals surface area contributed by atoms with Gasteiger partial charge in [-0.1, -0.05) is 49.2 Å². The highest BCUT2D eigenvalue weighted by molar-refractivity contribution is 6.36. The van der Waals surface area contributed by atoms with Gasteiger partial charge in [-0.2, -0.15) is 5.10 Å². The minimum Gasteiger partial charge on any atom is -0.483 e. The van der Waals surface area contributed by atoms with Crippen LogP contribution in [0, 0.1) is 6.92 Å². The molecule has 3 rings (SSSR count). The van der Waals surface area contributed by atoms with Crippen molar-refractivity contribution >= 4 is 41.3 Å². The molecule has 0 fully saturated rings. The van der Waals surface area contributed by atoms with Crippen LogP contribution < -0.4 is 14.9 Å². The third-order valence-electron chi connectivity index (χ3n) is 4.88. The van der Waals surface area contributed by atoms with Crippen molar-refractivity contribution in [2.75, 3.05) is 6.61 Å². The fraction of sp³-hybridized carbons (Fsp3) is 0.192. The first-order valence-electron chi connectivity index (χ1n) is 10.6. The lowest BCUT2D eigenvalue weighted by Crippen LogP contribution is -2.24. The molecule has 1 N–H and O–H groups in total. The van der Waals surface area contributed by atoms with E-state index in [1.54, 1.807) is 30.3 Å². The second-order valence-corrected chi connectivity index (χ2v) is 8.69. The number of hydrazone groups is 1. The number of carbonyl (C=O) groups excluding carboxylic acids is 2. The zero-order chi connectivity index (χ0) is 24.7. The lowest BCUT2D eigenvalue weighted by atomic mass is 10.0. The van der Waals surface area contributed by atoms with Gasteiger partial charge < -0.3 is 9.47 Å². The summed E-state index contributed by atoms with van der Waals surface area (Å²) in [7, 11) is 0. The van der Waals surface area contributed by atoms with Gasteiger partial charge in [0.15, 0.2) is 6.61 Å². The first kappa shape index (κ1) is 25.3. The van der Waals surface area contributed by atoms with Crippen molar-refractivity contribution in [2.45, 2.75) is 26.7 Å². The zero-order valence-corrected chi connectivity index (χ0v) is 20.5. The number of halogens is 2. The predicted molar refractivity (Wildman–Crippen MR) is 134 cm³/mol.